The molecule has 0 spiro atoms. The molecule has 4 rings (SSSR count). The summed E-state index contributed by atoms with van der Waals surface area (Å²) in [7, 11) is 0. The molecule has 2 aromatic heterocycles. The number of unbranched alkanes of at least 4 members (excludes halogenated alkanes) is 1. The van der Waals surface area contributed by atoms with Crippen LogP contribution >= 0.6 is 23.1 Å². The normalized spacial score (nSPS) is 16.6. The Labute approximate surface area is 163 Å². The van der Waals surface area contributed by atoms with Gasteiger partial charge in [0.1, 0.15) is 21.9 Å². The van der Waals surface area contributed by atoms with Crippen LogP contribution in [0.15, 0.2) is 41.7 Å². The molecule has 1 aromatic carbocycles. The molecule has 1 unspecified atom stereocenters. The van der Waals surface area contributed by atoms with Gasteiger partial charge >= 0.3 is 0 Å². The Morgan fingerprint density at radius 1 is 1.19 bits per heavy atom. The molecular formula is C21H24N2OS2. The molecule has 3 nitrogen and oxygen atoms in total. The SMILES string of the molecule is CC1CCc2c(sc3ncnc(SCCCCOc4ccccc4)c23)C1. The number of aryl methyl sites for hydroxylation is 1. The predicted octanol–water partition coefficient (Wildman–Crippen LogP) is 5.77. The number of ether oxygens (including phenoxy) is 1. The number of rotatable bonds is 7. The first kappa shape index (κ1) is 17.8. The highest BCUT2D eigenvalue weighted by molar-refractivity contribution is 7.99. The van der Waals surface area contributed by atoms with E-state index < -0.39 is 0 Å². The van der Waals surface area contributed by atoms with Gasteiger partial charge in [0.2, 0.25) is 0 Å². The van der Waals surface area contributed by atoms with Gasteiger partial charge in [-0.15, -0.1) is 23.1 Å². The monoisotopic (exact) mass is 384 g/mol. The minimum Gasteiger partial charge on any atom is -0.494 e. The standard InChI is InChI=1S/C21H24N2OS2/c1-15-9-10-17-18(13-15)26-21-19(17)20(22-14-23-21)25-12-6-5-11-24-16-7-3-2-4-8-16/h2-4,7-8,14-15H,5-6,9-13H2,1H3. The van der Waals surface area contributed by atoms with Gasteiger partial charge in [-0.05, 0) is 61.5 Å². The van der Waals surface area contributed by atoms with Crippen molar-refractivity contribution in [2.75, 3.05) is 12.4 Å². The summed E-state index contributed by atoms with van der Waals surface area (Å²) < 4.78 is 5.77. The molecule has 0 radical (unpaired) electrons. The number of hydrogen-bond donors (Lipinski definition) is 0. The lowest BCUT2D eigenvalue weighted by molar-refractivity contribution is 0.310. The largest absolute Gasteiger partial charge is 0.494 e. The van der Waals surface area contributed by atoms with Crippen molar-refractivity contribution in [2.24, 2.45) is 5.92 Å². The summed E-state index contributed by atoms with van der Waals surface area (Å²) in [5.41, 5.74) is 1.53. The Balaban J connectivity index is 1.33. The van der Waals surface area contributed by atoms with Crippen molar-refractivity contribution >= 4 is 33.3 Å². The van der Waals surface area contributed by atoms with E-state index in [1.807, 2.05) is 53.4 Å². The van der Waals surface area contributed by atoms with Crippen molar-refractivity contribution in [1.82, 2.24) is 9.97 Å². The van der Waals surface area contributed by atoms with Crippen LogP contribution in [0, 0.1) is 5.92 Å². The molecule has 0 amide bonds. The number of aromatic nitrogens is 2. The van der Waals surface area contributed by atoms with E-state index in [9.17, 15) is 0 Å². The minimum atomic E-state index is 0.773. The number of thiophene rings is 1. The molecule has 5 heteroatoms. The summed E-state index contributed by atoms with van der Waals surface area (Å²) in [5, 5.41) is 2.51. The molecule has 3 aromatic rings. The van der Waals surface area contributed by atoms with Crippen LogP contribution < -0.4 is 4.74 Å². The maximum Gasteiger partial charge on any atom is 0.128 e. The number of para-hydroxylation sites is 1. The fourth-order valence-corrected chi connectivity index (χ4v) is 5.88. The van der Waals surface area contributed by atoms with Gasteiger partial charge in [-0.2, -0.15) is 0 Å². The number of benzene rings is 1. The van der Waals surface area contributed by atoms with Gasteiger partial charge in [-0.3, -0.25) is 0 Å². The summed E-state index contributed by atoms with van der Waals surface area (Å²) in [6.45, 7) is 3.13. The lowest BCUT2D eigenvalue weighted by Crippen LogP contribution is -2.08. The number of thioether (sulfide) groups is 1. The second kappa shape index (κ2) is 8.40. The molecule has 0 bridgehead atoms. The van der Waals surface area contributed by atoms with Crippen LogP contribution in [0.5, 0.6) is 5.75 Å². The van der Waals surface area contributed by atoms with Gasteiger partial charge < -0.3 is 4.74 Å². The molecule has 1 aliphatic rings. The Hall–Kier alpha value is -1.59. The summed E-state index contributed by atoms with van der Waals surface area (Å²) in [4.78, 5) is 11.9. The fourth-order valence-electron chi connectivity index (χ4n) is 3.44. The summed E-state index contributed by atoms with van der Waals surface area (Å²) in [5.74, 6) is 2.83. The van der Waals surface area contributed by atoms with Crippen LogP contribution in [0.1, 0.15) is 36.6 Å². The molecule has 0 fully saturated rings. The van der Waals surface area contributed by atoms with Crippen LogP contribution in [0.4, 0.5) is 0 Å². The Morgan fingerprint density at radius 3 is 2.96 bits per heavy atom. The average Bonchev–Trinajstić information content (AvgIpc) is 3.03. The first-order valence-corrected chi connectivity index (χ1v) is 11.2. The van der Waals surface area contributed by atoms with Crippen LogP contribution in [-0.2, 0) is 12.8 Å². The topological polar surface area (TPSA) is 35.0 Å². The van der Waals surface area contributed by atoms with E-state index in [0.717, 1.165) is 36.9 Å². The second-order valence-corrected chi connectivity index (χ2v) is 9.10. The lowest BCUT2D eigenvalue weighted by Gasteiger charge is -2.18. The third kappa shape index (κ3) is 4.04. The van der Waals surface area contributed by atoms with Crippen LogP contribution in [0.3, 0.4) is 0 Å². The minimum absolute atomic E-state index is 0.773. The van der Waals surface area contributed by atoms with Crippen molar-refractivity contribution < 1.29 is 4.74 Å². The quantitative estimate of drug-likeness (QED) is 0.294. The highest BCUT2D eigenvalue weighted by atomic mass is 32.2. The van der Waals surface area contributed by atoms with Crippen molar-refractivity contribution in [2.45, 2.75) is 44.1 Å². The van der Waals surface area contributed by atoms with Gasteiger partial charge in [0.15, 0.2) is 0 Å². The smallest absolute Gasteiger partial charge is 0.128 e. The van der Waals surface area contributed by atoms with Gasteiger partial charge in [0, 0.05) is 10.3 Å². The lowest BCUT2D eigenvalue weighted by atomic mass is 9.89. The average molecular weight is 385 g/mol. The molecule has 0 saturated heterocycles. The van der Waals surface area contributed by atoms with Crippen LogP contribution in [0.25, 0.3) is 10.2 Å². The van der Waals surface area contributed by atoms with E-state index in [4.69, 9.17) is 4.74 Å². The molecule has 1 atom stereocenters. The zero-order chi connectivity index (χ0) is 17.8. The zero-order valence-electron chi connectivity index (χ0n) is 15.1. The molecule has 1 aliphatic carbocycles. The van der Waals surface area contributed by atoms with Gasteiger partial charge in [0.25, 0.3) is 0 Å². The highest BCUT2D eigenvalue weighted by Gasteiger charge is 2.22. The second-order valence-electron chi connectivity index (χ2n) is 6.93. The van der Waals surface area contributed by atoms with E-state index >= 15 is 0 Å². The van der Waals surface area contributed by atoms with Crippen molar-refractivity contribution in [3.05, 3.63) is 47.1 Å². The summed E-state index contributed by atoms with van der Waals surface area (Å²) in [6, 6.07) is 10.0. The first-order chi connectivity index (χ1) is 12.8. The number of nitrogens with zero attached hydrogens (tertiary/aromatic N) is 2. The van der Waals surface area contributed by atoms with E-state index in [-0.39, 0.29) is 0 Å². The maximum atomic E-state index is 5.77. The van der Waals surface area contributed by atoms with Gasteiger partial charge in [0.05, 0.1) is 6.61 Å². The van der Waals surface area contributed by atoms with Crippen LogP contribution in [0.2, 0.25) is 0 Å². The molecule has 0 saturated carbocycles. The molecule has 2 heterocycles. The predicted molar refractivity (Wildman–Crippen MR) is 110 cm³/mol. The Bertz CT molecular complexity index is 863. The maximum absolute atomic E-state index is 5.77. The van der Waals surface area contributed by atoms with E-state index in [1.54, 1.807) is 6.33 Å². The van der Waals surface area contributed by atoms with E-state index in [1.165, 1.54) is 44.9 Å². The van der Waals surface area contributed by atoms with Gasteiger partial charge in [-0.1, -0.05) is 25.1 Å². The molecular weight excluding hydrogens is 360 g/mol. The number of fused-ring (bicyclic) bond motifs is 3. The molecule has 0 N–H and O–H groups in total. The number of hydrogen-bond acceptors (Lipinski definition) is 5. The Kier molecular flexibility index (Phi) is 5.75. The molecule has 26 heavy (non-hydrogen) atoms. The Morgan fingerprint density at radius 2 is 2.08 bits per heavy atom. The zero-order valence-corrected chi connectivity index (χ0v) is 16.7. The third-order valence-electron chi connectivity index (χ3n) is 4.85. The molecule has 136 valence electrons. The summed E-state index contributed by atoms with van der Waals surface area (Å²) >= 11 is 3.75. The fraction of sp³-hybridized carbons (Fsp3) is 0.429. The summed E-state index contributed by atoms with van der Waals surface area (Å²) in [6.07, 6.45) is 7.60. The van der Waals surface area contributed by atoms with Gasteiger partial charge in [-0.25, -0.2) is 9.97 Å². The van der Waals surface area contributed by atoms with Crippen molar-refractivity contribution in [3.63, 3.8) is 0 Å². The molecule has 0 aliphatic heterocycles. The van der Waals surface area contributed by atoms with Crippen molar-refractivity contribution in [3.8, 4) is 5.75 Å². The first-order valence-electron chi connectivity index (χ1n) is 9.37. The highest BCUT2D eigenvalue weighted by Crippen LogP contribution is 2.40. The third-order valence-corrected chi connectivity index (χ3v) is 7.08. The van der Waals surface area contributed by atoms with E-state index in [0.29, 0.717) is 0 Å². The van der Waals surface area contributed by atoms with Crippen LogP contribution in [-0.4, -0.2) is 22.3 Å². The van der Waals surface area contributed by atoms with E-state index in [2.05, 4.69) is 16.9 Å². The van der Waals surface area contributed by atoms with Crippen molar-refractivity contribution in [1.29, 1.82) is 0 Å².